The highest BCUT2D eigenvalue weighted by Crippen LogP contribution is 2.67. The van der Waals surface area contributed by atoms with Crippen LogP contribution in [0.2, 0.25) is 0 Å². The van der Waals surface area contributed by atoms with Crippen molar-refractivity contribution in [3.8, 4) is 0 Å². The third-order valence-corrected chi connectivity index (χ3v) is 11.2. The van der Waals surface area contributed by atoms with E-state index in [-0.39, 0.29) is 35.1 Å². The fraction of sp³-hybridized carbons (Fsp3) is 0.926. The number of allylic oxidation sites excluding steroid dienone is 1. The molecule has 0 aromatic carbocycles. The molecule has 12 atom stereocenters. The number of hydrogen-bond donors (Lipinski definition) is 4. The molecule has 176 valence electrons. The molecule has 0 aromatic heterocycles. The summed E-state index contributed by atoms with van der Waals surface area (Å²) < 4.78 is 0. The molecule has 1 aliphatic heterocycles. The summed E-state index contributed by atoms with van der Waals surface area (Å²) in [7, 11) is 0. The second kappa shape index (κ2) is 7.82. The molecule has 4 N–H and O–H groups in total. The van der Waals surface area contributed by atoms with Gasteiger partial charge < -0.3 is 20.6 Å². The molecule has 1 heterocycles. The van der Waals surface area contributed by atoms with Gasteiger partial charge in [-0.05, 0) is 98.8 Å². The largest absolute Gasteiger partial charge is 0.393 e. The standard InChI is InChI=1S/C27H45NO3/c1-15-5-8-22(28-14-15)16(2)25-23(30)12-21-19-7-6-17-11-18(29)9-10-26(17,3)20(19)13-24(31)27(21,25)4/h6,15-16,18-25,28-31H,5,7-14H2,1-4H3/t15-,16+,18-,19+,20-,21+,22-,23+,24-,25+,26-,27+/m0/s1. The first-order chi connectivity index (χ1) is 14.7. The van der Waals surface area contributed by atoms with Crippen molar-refractivity contribution in [2.24, 2.45) is 46.3 Å². The number of nitrogens with one attached hydrogen (secondary N) is 1. The molecule has 4 aliphatic carbocycles. The van der Waals surface area contributed by atoms with Gasteiger partial charge >= 0.3 is 0 Å². The molecule has 0 spiro atoms. The Morgan fingerprint density at radius 1 is 1.06 bits per heavy atom. The first-order valence-corrected chi connectivity index (χ1v) is 13.1. The van der Waals surface area contributed by atoms with Crippen LogP contribution in [0.3, 0.4) is 0 Å². The van der Waals surface area contributed by atoms with Gasteiger partial charge in [-0.15, -0.1) is 0 Å². The molecule has 0 bridgehead atoms. The number of rotatable bonds is 2. The molecule has 4 fully saturated rings. The number of aliphatic hydroxyl groups excluding tert-OH is 3. The monoisotopic (exact) mass is 431 g/mol. The van der Waals surface area contributed by atoms with E-state index < -0.39 is 0 Å². The van der Waals surface area contributed by atoms with Gasteiger partial charge in [-0.25, -0.2) is 0 Å². The molecule has 0 radical (unpaired) electrons. The van der Waals surface area contributed by atoms with Crippen molar-refractivity contribution in [2.45, 2.75) is 103 Å². The lowest BCUT2D eigenvalue weighted by Crippen LogP contribution is -2.58. The third kappa shape index (κ3) is 3.30. The SMILES string of the molecule is C[C@H]1CC[C@@H]([C@@H](C)[C@@H]2[C@H](O)C[C@@H]3[C@@H]4CC=C5C[C@@H](O)CC[C@]5(C)[C@H]4C[C@H](O)[C@]23C)NC1. The highest BCUT2D eigenvalue weighted by atomic mass is 16.3. The summed E-state index contributed by atoms with van der Waals surface area (Å²) in [5.74, 6) is 2.67. The zero-order valence-corrected chi connectivity index (χ0v) is 20.1. The minimum absolute atomic E-state index is 0.111. The van der Waals surface area contributed by atoms with Gasteiger partial charge in [0.05, 0.1) is 18.3 Å². The van der Waals surface area contributed by atoms with Gasteiger partial charge in [0.2, 0.25) is 0 Å². The Labute approximate surface area is 188 Å². The fourth-order valence-corrected chi connectivity index (χ4v) is 9.31. The van der Waals surface area contributed by atoms with E-state index in [2.05, 4.69) is 39.1 Å². The van der Waals surface area contributed by atoms with Crippen LogP contribution in [0.25, 0.3) is 0 Å². The maximum absolute atomic E-state index is 11.7. The van der Waals surface area contributed by atoms with Crippen molar-refractivity contribution in [1.29, 1.82) is 0 Å². The molecule has 4 heteroatoms. The lowest BCUT2D eigenvalue weighted by atomic mass is 9.46. The van der Waals surface area contributed by atoms with Crippen molar-refractivity contribution < 1.29 is 15.3 Å². The fourth-order valence-electron chi connectivity index (χ4n) is 9.31. The van der Waals surface area contributed by atoms with Crippen LogP contribution in [0.15, 0.2) is 11.6 Å². The van der Waals surface area contributed by atoms with Crippen molar-refractivity contribution in [2.75, 3.05) is 6.54 Å². The van der Waals surface area contributed by atoms with Crippen LogP contribution in [0, 0.1) is 46.3 Å². The van der Waals surface area contributed by atoms with Crippen LogP contribution in [-0.2, 0) is 0 Å². The van der Waals surface area contributed by atoms with Crippen LogP contribution >= 0.6 is 0 Å². The molecule has 31 heavy (non-hydrogen) atoms. The van der Waals surface area contributed by atoms with Gasteiger partial charge in [0.1, 0.15) is 0 Å². The van der Waals surface area contributed by atoms with Crippen LogP contribution in [0.5, 0.6) is 0 Å². The molecule has 5 aliphatic rings. The van der Waals surface area contributed by atoms with Crippen molar-refractivity contribution >= 4 is 0 Å². The average molecular weight is 432 g/mol. The van der Waals surface area contributed by atoms with Gasteiger partial charge in [-0.2, -0.15) is 0 Å². The summed E-state index contributed by atoms with van der Waals surface area (Å²) in [5, 5.41) is 37.1. The Morgan fingerprint density at radius 2 is 1.84 bits per heavy atom. The topological polar surface area (TPSA) is 72.7 Å². The van der Waals surface area contributed by atoms with Crippen molar-refractivity contribution in [3.63, 3.8) is 0 Å². The van der Waals surface area contributed by atoms with Crippen molar-refractivity contribution in [1.82, 2.24) is 5.32 Å². The molecule has 4 nitrogen and oxygen atoms in total. The van der Waals surface area contributed by atoms with E-state index in [4.69, 9.17) is 0 Å². The van der Waals surface area contributed by atoms with Gasteiger partial charge in [-0.3, -0.25) is 0 Å². The maximum Gasteiger partial charge on any atom is 0.0603 e. The lowest BCUT2D eigenvalue weighted by Gasteiger charge is -2.60. The van der Waals surface area contributed by atoms with E-state index in [1.54, 1.807) is 0 Å². The van der Waals surface area contributed by atoms with Crippen LogP contribution < -0.4 is 5.32 Å². The van der Waals surface area contributed by atoms with Gasteiger partial charge in [0.15, 0.2) is 0 Å². The Balaban J connectivity index is 1.43. The zero-order valence-electron chi connectivity index (χ0n) is 20.1. The van der Waals surface area contributed by atoms with E-state index in [1.165, 1.54) is 18.4 Å². The average Bonchev–Trinajstić information content (AvgIpc) is 3.01. The molecule has 0 aromatic rings. The second-order valence-corrected chi connectivity index (χ2v) is 12.7. The summed E-state index contributed by atoms with van der Waals surface area (Å²) in [6.07, 6.45) is 9.49. The summed E-state index contributed by atoms with van der Waals surface area (Å²) in [5.41, 5.74) is 1.34. The Morgan fingerprint density at radius 3 is 2.55 bits per heavy atom. The Bertz CT molecular complexity index is 715. The van der Waals surface area contributed by atoms with Gasteiger partial charge in [0.25, 0.3) is 0 Å². The van der Waals surface area contributed by atoms with E-state index >= 15 is 0 Å². The zero-order chi connectivity index (χ0) is 22.1. The number of hydrogen-bond acceptors (Lipinski definition) is 4. The predicted molar refractivity (Wildman–Crippen MR) is 123 cm³/mol. The smallest absolute Gasteiger partial charge is 0.0603 e. The van der Waals surface area contributed by atoms with Crippen molar-refractivity contribution in [3.05, 3.63) is 11.6 Å². The predicted octanol–water partition coefficient (Wildman–Crippen LogP) is 3.89. The molecule has 5 rings (SSSR count). The number of fused-ring (bicyclic) bond motifs is 5. The maximum atomic E-state index is 11.7. The number of aliphatic hydroxyl groups is 3. The van der Waals surface area contributed by atoms with Crippen LogP contribution in [0.1, 0.15) is 79.1 Å². The highest BCUT2D eigenvalue weighted by Gasteiger charge is 2.65. The summed E-state index contributed by atoms with van der Waals surface area (Å²) in [6, 6.07) is 0.451. The normalized spacial score (nSPS) is 55.6. The minimum atomic E-state index is -0.353. The van der Waals surface area contributed by atoms with Gasteiger partial charge in [-0.1, -0.05) is 39.3 Å². The molecule has 3 saturated carbocycles. The van der Waals surface area contributed by atoms with E-state index in [9.17, 15) is 15.3 Å². The summed E-state index contributed by atoms with van der Waals surface area (Å²) in [4.78, 5) is 0. The Kier molecular flexibility index (Phi) is 5.65. The van der Waals surface area contributed by atoms with Gasteiger partial charge in [0, 0.05) is 11.5 Å². The second-order valence-electron chi connectivity index (χ2n) is 12.7. The molecular formula is C27H45NO3. The minimum Gasteiger partial charge on any atom is -0.393 e. The van der Waals surface area contributed by atoms with Crippen LogP contribution in [-0.4, -0.2) is 46.2 Å². The summed E-state index contributed by atoms with van der Waals surface area (Å²) in [6.45, 7) is 10.4. The quantitative estimate of drug-likeness (QED) is 0.501. The third-order valence-electron chi connectivity index (χ3n) is 11.2. The summed E-state index contributed by atoms with van der Waals surface area (Å²) >= 11 is 0. The van der Waals surface area contributed by atoms with E-state index in [0.29, 0.717) is 29.7 Å². The first kappa shape index (κ1) is 22.4. The highest BCUT2D eigenvalue weighted by molar-refractivity contribution is 5.26. The Hall–Kier alpha value is -0.420. The molecular weight excluding hydrogens is 386 g/mol. The van der Waals surface area contributed by atoms with Crippen LogP contribution in [0.4, 0.5) is 0 Å². The molecule has 0 unspecified atom stereocenters. The number of piperidine rings is 1. The molecule has 1 saturated heterocycles. The van der Waals surface area contributed by atoms with E-state index in [1.807, 2.05) is 0 Å². The molecule has 0 amide bonds. The van der Waals surface area contributed by atoms with E-state index in [0.717, 1.165) is 51.0 Å². The lowest BCUT2D eigenvalue weighted by molar-refractivity contribution is -0.142. The first-order valence-electron chi connectivity index (χ1n) is 13.1.